The third-order valence-electron chi connectivity index (χ3n) is 2.78. The standard InChI is InChI=1S/C10H11BO3.2C2H6.CH5N/c1-7-2-3-9-10-8(7)6-14-11(10)13-5-4-12-9;3*1-2/h2-3H,4-6H2,1H3;2*1-2H3;2H2,1H3. The van der Waals surface area contributed by atoms with Gasteiger partial charge in [0.25, 0.3) is 0 Å². The molecule has 0 aliphatic carbocycles. The minimum absolute atomic E-state index is 0.206. The predicted octanol–water partition coefficient (Wildman–Crippen LogP) is 2.26. The van der Waals surface area contributed by atoms with E-state index in [1.54, 1.807) is 0 Å². The molecule has 4 nitrogen and oxygen atoms in total. The highest BCUT2D eigenvalue weighted by molar-refractivity contribution is 6.64. The second-order valence-electron chi connectivity index (χ2n) is 3.64. The Labute approximate surface area is 123 Å². The van der Waals surface area contributed by atoms with E-state index in [0.29, 0.717) is 19.8 Å². The first-order chi connectivity index (χ1) is 9.86. The summed E-state index contributed by atoms with van der Waals surface area (Å²) in [5.74, 6) is 0.922. The maximum atomic E-state index is 5.59. The van der Waals surface area contributed by atoms with Gasteiger partial charge in [0.2, 0.25) is 0 Å². The number of benzene rings is 1. The molecule has 0 aromatic heterocycles. The summed E-state index contributed by atoms with van der Waals surface area (Å²) in [5.41, 5.74) is 8.08. The van der Waals surface area contributed by atoms with Gasteiger partial charge in [-0.2, -0.15) is 0 Å². The Hall–Kier alpha value is -1.04. The van der Waals surface area contributed by atoms with Gasteiger partial charge in [0, 0.05) is 5.46 Å². The summed E-state index contributed by atoms with van der Waals surface area (Å²) in [5, 5.41) is 0. The zero-order chi connectivity index (χ0) is 15.5. The summed E-state index contributed by atoms with van der Waals surface area (Å²) in [4.78, 5) is 0. The van der Waals surface area contributed by atoms with Crippen LogP contribution in [0.4, 0.5) is 0 Å². The van der Waals surface area contributed by atoms with Crippen LogP contribution in [0.5, 0.6) is 5.75 Å². The Morgan fingerprint density at radius 3 is 2.30 bits per heavy atom. The molecule has 0 unspecified atom stereocenters. The minimum Gasteiger partial charge on any atom is -0.492 e. The van der Waals surface area contributed by atoms with Gasteiger partial charge in [0.1, 0.15) is 12.4 Å². The van der Waals surface area contributed by atoms with Crippen molar-refractivity contribution in [3.05, 3.63) is 23.3 Å². The van der Waals surface area contributed by atoms with Gasteiger partial charge in [-0.05, 0) is 31.2 Å². The molecule has 0 spiro atoms. The molecule has 2 aliphatic heterocycles. The van der Waals surface area contributed by atoms with Crippen LogP contribution < -0.4 is 15.9 Å². The van der Waals surface area contributed by atoms with E-state index in [1.165, 1.54) is 18.2 Å². The lowest BCUT2D eigenvalue weighted by molar-refractivity contribution is 0.179. The van der Waals surface area contributed by atoms with Crippen molar-refractivity contribution < 1.29 is 14.0 Å². The van der Waals surface area contributed by atoms with Gasteiger partial charge in [-0.3, -0.25) is 0 Å². The van der Waals surface area contributed by atoms with Gasteiger partial charge in [0.15, 0.2) is 0 Å². The summed E-state index contributed by atoms with van der Waals surface area (Å²) in [6.07, 6.45) is 0. The van der Waals surface area contributed by atoms with E-state index in [9.17, 15) is 0 Å². The molecule has 5 heteroatoms. The zero-order valence-electron chi connectivity index (χ0n) is 13.7. The predicted molar refractivity (Wildman–Crippen MR) is 85.6 cm³/mol. The summed E-state index contributed by atoms with van der Waals surface area (Å²) < 4.78 is 16.7. The number of ether oxygens (including phenoxy) is 1. The molecule has 3 rings (SSSR count). The minimum atomic E-state index is -0.206. The third-order valence-corrected chi connectivity index (χ3v) is 2.78. The molecule has 1 aromatic rings. The highest BCUT2D eigenvalue weighted by Crippen LogP contribution is 2.24. The van der Waals surface area contributed by atoms with Crippen LogP contribution in [0.2, 0.25) is 0 Å². The van der Waals surface area contributed by atoms with Gasteiger partial charge in [-0.1, -0.05) is 33.8 Å². The smallest absolute Gasteiger partial charge is 0.492 e. The van der Waals surface area contributed by atoms with E-state index in [4.69, 9.17) is 14.0 Å². The van der Waals surface area contributed by atoms with E-state index in [1.807, 2.05) is 33.8 Å². The maximum Gasteiger partial charge on any atom is 0.498 e. The maximum absolute atomic E-state index is 5.59. The fraction of sp³-hybridized carbons (Fsp3) is 0.600. The molecule has 2 N–H and O–H groups in total. The Bertz CT molecular complexity index is 386. The van der Waals surface area contributed by atoms with E-state index in [2.05, 4.69) is 18.7 Å². The van der Waals surface area contributed by atoms with Crippen molar-refractivity contribution in [3.63, 3.8) is 0 Å². The largest absolute Gasteiger partial charge is 0.498 e. The van der Waals surface area contributed by atoms with E-state index < -0.39 is 0 Å². The fourth-order valence-electron chi connectivity index (χ4n) is 2.01. The average molecular weight is 281 g/mol. The number of hydrogen-bond donors (Lipinski definition) is 1. The molecular formula is C15H28BNO3. The van der Waals surface area contributed by atoms with Crippen molar-refractivity contribution in [3.8, 4) is 5.75 Å². The highest BCUT2D eigenvalue weighted by atomic mass is 16.6. The molecule has 1 aromatic carbocycles. The number of nitrogens with two attached hydrogens (primary N) is 1. The van der Waals surface area contributed by atoms with Crippen LogP contribution in [0.1, 0.15) is 38.8 Å². The Kier molecular flexibility index (Phi) is 10.2. The highest BCUT2D eigenvalue weighted by Gasteiger charge is 2.36. The van der Waals surface area contributed by atoms with Gasteiger partial charge in [-0.15, -0.1) is 0 Å². The van der Waals surface area contributed by atoms with Crippen molar-refractivity contribution in [1.82, 2.24) is 0 Å². The van der Waals surface area contributed by atoms with Gasteiger partial charge in [0.05, 0.1) is 13.2 Å². The molecule has 114 valence electrons. The average Bonchev–Trinajstić information content (AvgIpc) is 2.86. The van der Waals surface area contributed by atoms with Crippen LogP contribution in [0.15, 0.2) is 12.1 Å². The van der Waals surface area contributed by atoms with Crippen molar-refractivity contribution in [2.75, 3.05) is 20.3 Å². The molecule has 0 atom stereocenters. The summed E-state index contributed by atoms with van der Waals surface area (Å²) in [7, 11) is 1.29. The van der Waals surface area contributed by atoms with Gasteiger partial charge in [-0.25, -0.2) is 0 Å². The Morgan fingerprint density at radius 2 is 1.65 bits per heavy atom. The first-order valence-electron chi connectivity index (χ1n) is 7.42. The van der Waals surface area contributed by atoms with E-state index in [-0.39, 0.29) is 7.12 Å². The Balaban J connectivity index is 0.000000538. The normalized spacial score (nSPS) is 14.1. The summed E-state index contributed by atoms with van der Waals surface area (Å²) in [6.45, 7) is 11.9. The molecule has 0 bridgehead atoms. The lowest BCUT2D eigenvalue weighted by Gasteiger charge is -2.08. The lowest BCUT2D eigenvalue weighted by Crippen LogP contribution is -2.31. The van der Waals surface area contributed by atoms with Gasteiger partial charge < -0.3 is 19.8 Å². The zero-order valence-corrected chi connectivity index (χ0v) is 13.7. The van der Waals surface area contributed by atoms with Gasteiger partial charge >= 0.3 is 7.12 Å². The van der Waals surface area contributed by atoms with Crippen LogP contribution in [-0.4, -0.2) is 27.4 Å². The van der Waals surface area contributed by atoms with E-state index in [0.717, 1.165) is 11.2 Å². The molecule has 20 heavy (non-hydrogen) atoms. The van der Waals surface area contributed by atoms with Crippen LogP contribution in [0.25, 0.3) is 0 Å². The first-order valence-corrected chi connectivity index (χ1v) is 7.42. The summed E-state index contributed by atoms with van der Waals surface area (Å²) in [6, 6.07) is 4.08. The molecule has 0 saturated carbocycles. The fourth-order valence-corrected chi connectivity index (χ4v) is 2.01. The number of hydrogen-bond acceptors (Lipinski definition) is 4. The molecule has 0 saturated heterocycles. The molecular weight excluding hydrogens is 253 g/mol. The van der Waals surface area contributed by atoms with Crippen molar-refractivity contribution in [1.29, 1.82) is 0 Å². The van der Waals surface area contributed by atoms with E-state index >= 15 is 0 Å². The summed E-state index contributed by atoms with van der Waals surface area (Å²) >= 11 is 0. The van der Waals surface area contributed by atoms with Crippen molar-refractivity contribution >= 4 is 12.6 Å². The van der Waals surface area contributed by atoms with Crippen molar-refractivity contribution in [2.45, 2.75) is 41.2 Å². The lowest BCUT2D eigenvalue weighted by atomic mass is 9.77. The monoisotopic (exact) mass is 281 g/mol. The molecule has 2 heterocycles. The second kappa shape index (κ2) is 10.7. The van der Waals surface area contributed by atoms with Crippen LogP contribution in [0.3, 0.4) is 0 Å². The van der Waals surface area contributed by atoms with Crippen molar-refractivity contribution in [2.24, 2.45) is 5.73 Å². The molecule has 0 fully saturated rings. The van der Waals surface area contributed by atoms with Crippen LogP contribution >= 0.6 is 0 Å². The molecule has 0 radical (unpaired) electrons. The SMILES string of the molecule is CC.CC.CN.Cc1ccc2c3c1COB3OCCO2. The topological polar surface area (TPSA) is 53.7 Å². The molecule has 0 amide bonds. The third kappa shape index (κ3) is 4.23. The van der Waals surface area contributed by atoms with Crippen LogP contribution in [-0.2, 0) is 15.9 Å². The second-order valence-corrected chi connectivity index (χ2v) is 3.64. The molecule has 2 aliphatic rings. The number of rotatable bonds is 0. The quantitative estimate of drug-likeness (QED) is 0.741. The number of aryl methyl sites for hydroxylation is 1. The Morgan fingerprint density at radius 1 is 1.00 bits per heavy atom. The van der Waals surface area contributed by atoms with Crippen LogP contribution in [0, 0.1) is 6.92 Å². The first kappa shape index (κ1) is 19.0.